The molecule has 2 rings (SSSR count). The number of hydrogen-bond acceptors (Lipinski definition) is 3. The quantitative estimate of drug-likeness (QED) is 0.662. The number of carbonyl (C=O) groups excluding carboxylic acids is 2. The largest absolute Gasteiger partial charge is 0.395 e. The van der Waals surface area contributed by atoms with Gasteiger partial charge in [-0.2, -0.15) is 0 Å². The maximum atomic E-state index is 12.2. The molecule has 0 unspecified atom stereocenters. The van der Waals surface area contributed by atoms with E-state index in [1.165, 1.54) is 11.1 Å². The third kappa shape index (κ3) is 4.35. The van der Waals surface area contributed by atoms with Crippen LogP contribution in [0.25, 0.3) is 0 Å². The fourth-order valence-corrected chi connectivity index (χ4v) is 2.37. The van der Waals surface area contributed by atoms with E-state index in [4.69, 9.17) is 5.73 Å². The van der Waals surface area contributed by atoms with E-state index in [2.05, 4.69) is 47.7 Å². The van der Waals surface area contributed by atoms with Crippen LogP contribution in [0.5, 0.6) is 0 Å². The van der Waals surface area contributed by atoms with Crippen LogP contribution in [-0.4, -0.2) is 18.0 Å². The summed E-state index contributed by atoms with van der Waals surface area (Å²) in [5.41, 5.74) is 8.65. The van der Waals surface area contributed by atoms with Crippen molar-refractivity contribution in [2.45, 2.75) is 32.7 Å². The molecule has 1 aromatic carbocycles. The van der Waals surface area contributed by atoms with Crippen molar-refractivity contribution < 1.29 is 9.59 Å². The van der Waals surface area contributed by atoms with Crippen molar-refractivity contribution in [1.82, 2.24) is 16.0 Å². The minimum absolute atomic E-state index is 0.0427. The molecular weight excluding hydrogens is 292 g/mol. The molecule has 0 saturated heterocycles. The number of urea groups is 1. The van der Waals surface area contributed by atoms with Gasteiger partial charge in [0, 0.05) is 6.04 Å². The van der Waals surface area contributed by atoms with Crippen LogP contribution >= 0.6 is 0 Å². The number of aryl methyl sites for hydroxylation is 2. The second-order valence-corrected chi connectivity index (χ2v) is 5.75. The molecule has 0 bridgehead atoms. The minimum Gasteiger partial charge on any atom is -0.395 e. The van der Waals surface area contributed by atoms with Gasteiger partial charge in [-0.25, -0.2) is 4.79 Å². The van der Waals surface area contributed by atoms with Gasteiger partial charge >= 0.3 is 6.03 Å². The minimum atomic E-state index is -0.512. The third-order valence-corrected chi connectivity index (χ3v) is 3.65. The lowest BCUT2D eigenvalue weighted by molar-refractivity contribution is -0.118. The molecule has 122 valence electrons. The number of carbonyl (C=O) groups is 2. The smallest absolute Gasteiger partial charge is 0.323 e. The van der Waals surface area contributed by atoms with E-state index in [-0.39, 0.29) is 23.1 Å². The van der Waals surface area contributed by atoms with E-state index in [1.54, 1.807) is 0 Å². The zero-order valence-corrected chi connectivity index (χ0v) is 13.4. The van der Waals surface area contributed by atoms with Gasteiger partial charge in [0.2, 0.25) is 0 Å². The molecule has 5 N–H and O–H groups in total. The van der Waals surface area contributed by atoms with E-state index in [0.717, 1.165) is 12.8 Å². The number of nitrogens with one attached hydrogen (secondary N) is 3. The summed E-state index contributed by atoms with van der Waals surface area (Å²) >= 11 is 0. The van der Waals surface area contributed by atoms with Gasteiger partial charge in [-0.15, -0.1) is 0 Å². The Hall–Kier alpha value is -2.76. The third-order valence-electron chi connectivity index (χ3n) is 3.65. The maximum absolute atomic E-state index is 12.2. The highest BCUT2D eigenvalue weighted by Crippen LogP contribution is 2.11. The molecular formula is C17H22N4O2. The molecule has 1 aliphatic heterocycles. The zero-order valence-electron chi connectivity index (χ0n) is 13.4. The van der Waals surface area contributed by atoms with E-state index in [0.29, 0.717) is 0 Å². The van der Waals surface area contributed by atoms with Gasteiger partial charge in [-0.3, -0.25) is 4.79 Å². The van der Waals surface area contributed by atoms with E-state index in [1.807, 2.05) is 13.0 Å². The standard InChI is InChI=1S/C17H22N4O2/c1-10-5-4-6-13(9-10)8-7-11(2)19-16(22)15-14(18)12(3)20-17(23)21-15/h4-6,9,11H,3,7-8,18H2,1-2H3,(H,19,22)(H2,20,21,23)/t11-/m1/s1. The van der Waals surface area contributed by atoms with Crippen molar-refractivity contribution in [2.75, 3.05) is 0 Å². The van der Waals surface area contributed by atoms with Crippen LogP contribution in [0.4, 0.5) is 4.79 Å². The van der Waals surface area contributed by atoms with E-state index < -0.39 is 11.9 Å². The fourth-order valence-electron chi connectivity index (χ4n) is 2.37. The molecule has 0 aromatic heterocycles. The predicted molar refractivity (Wildman–Crippen MR) is 89.1 cm³/mol. The first-order valence-corrected chi connectivity index (χ1v) is 7.50. The summed E-state index contributed by atoms with van der Waals surface area (Å²) in [6.45, 7) is 7.58. The Morgan fingerprint density at radius 2 is 2.13 bits per heavy atom. The van der Waals surface area contributed by atoms with Gasteiger partial charge in [0.15, 0.2) is 0 Å². The summed E-state index contributed by atoms with van der Waals surface area (Å²) in [7, 11) is 0. The van der Waals surface area contributed by atoms with Crippen LogP contribution in [0.1, 0.15) is 24.5 Å². The van der Waals surface area contributed by atoms with Crippen molar-refractivity contribution >= 4 is 11.9 Å². The highest BCUT2D eigenvalue weighted by atomic mass is 16.2. The lowest BCUT2D eigenvalue weighted by atomic mass is 10.0. The van der Waals surface area contributed by atoms with Gasteiger partial charge in [0.25, 0.3) is 5.91 Å². The summed E-state index contributed by atoms with van der Waals surface area (Å²) in [6.07, 6.45) is 1.65. The van der Waals surface area contributed by atoms with E-state index in [9.17, 15) is 9.59 Å². The first-order chi connectivity index (χ1) is 10.9. The molecule has 1 aliphatic rings. The monoisotopic (exact) mass is 314 g/mol. The lowest BCUT2D eigenvalue weighted by Gasteiger charge is -2.22. The molecule has 0 saturated carbocycles. The Balaban J connectivity index is 1.93. The molecule has 1 aromatic rings. The van der Waals surface area contributed by atoms with Crippen LogP contribution in [0.15, 0.2) is 47.9 Å². The lowest BCUT2D eigenvalue weighted by Crippen LogP contribution is -2.48. The normalized spacial score (nSPS) is 15.7. The Labute approximate surface area is 135 Å². The van der Waals surface area contributed by atoms with Gasteiger partial charge < -0.3 is 21.7 Å². The SMILES string of the molecule is C=C1NC(=O)NC(C(=O)N[C@H](C)CCc2cccc(C)c2)=C1N. The Kier molecular flexibility index (Phi) is 5.05. The fraction of sp³-hybridized carbons (Fsp3) is 0.294. The van der Waals surface area contributed by atoms with Gasteiger partial charge in [0.1, 0.15) is 5.70 Å². The molecule has 3 amide bonds. The summed E-state index contributed by atoms with van der Waals surface area (Å²) in [5, 5.41) is 7.67. The average molecular weight is 314 g/mol. The van der Waals surface area contributed by atoms with Gasteiger partial charge in [-0.05, 0) is 32.3 Å². The molecule has 0 aliphatic carbocycles. The van der Waals surface area contributed by atoms with Gasteiger partial charge in [-0.1, -0.05) is 36.4 Å². The summed E-state index contributed by atoms with van der Waals surface area (Å²) in [6, 6.07) is 7.71. The number of nitrogens with two attached hydrogens (primary N) is 1. The van der Waals surface area contributed by atoms with Crippen LogP contribution in [0.3, 0.4) is 0 Å². The molecule has 0 fully saturated rings. The highest BCUT2D eigenvalue weighted by molar-refractivity contribution is 6.00. The molecule has 6 nitrogen and oxygen atoms in total. The average Bonchev–Trinajstić information content (AvgIpc) is 2.49. The second kappa shape index (κ2) is 7.00. The molecule has 23 heavy (non-hydrogen) atoms. The second-order valence-electron chi connectivity index (χ2n) is 5.75. The van der Waals surface area contributed by atoms with Gasteiger partial charge in [0.05, 0.1) is 11.4 Å². The predicted octanol–water partition coefficient (Wildman–Crippen LogP) is 1.43. The van der Waals surface area contributed by atoms with Crippen molar-refractivity contribution in [3.05, 3.63) is 59.1 Å². The molecule has 0 radical (unpaired) electrons. The first kappa shape index (κ1) is 16.6. The number of rotatable bonds is 5. The number of benzene rings is 1. The Bertz CT molecular complexity index is 679. The zero-order chi connectivity index (χ0) is 17.0. The molecule has 0 spiro atoms. The van der Waals surface area contributed by atoms with Crippen LogP contribution in [0.2, 0.25) is 0 Å². The molecule has 6 heteroatoms. The van der Waals surface area contributed by atoms with Crippen LogP contribution in [0, 0.1) is 6.92 Å². The molecule has 1 heterocycles. The van der Waals surface area contributed by atoms with Crippen molar-refractivity contribution in [3.63, 3.8) is 0 Å². The topological polar surface area (TPSA) is 96.2 Å². The molecule has 1 atom stereocenters. The van der Waals surface area contributed by atoms with Crippen molar-refractivity contribution in [2.24, 2.45) is 5.73 Å². The van der Waals surface area contributed by atoms with Crippen molar-refractivity contribution in [3.8, 4) is 0 Å². The summed E-state index contributed by atoms with van der Waals surface area (Å²) in [4.78, 5) is 23.7. The maximum Gasteiger partial charge on any atom is 0.323 e. The Morgan fingerprint density at radius 1 is 1.39 bits per heavy atom. The summed E-state index contributed by atoms with van der Waals surface area (Å²) in [5.74, 6) is -0.407. The van der Waals surface area contributed by atoms with Crippen molar-refractivity contribution in [1.29, 1.82) is 0 Å². The first-order valence-electron chi connectivity index (χ1n) is 7.50. The summed E-state index contributed by atoms with van der Waals surface area (Å²) < 4.78 is 0. The number of amides is 3. The highest BCUT2D eigenvalue weighted by Gasteiger charge is 2.24. The van der Waals surface area contributed by atoms with E-state index >= 15 is 0 Å². The van der Waals surface area contributed by atoms with Crippen LogP contribution < -0.4 is 21.7 Å². The number of hydrogen-bond donors (Lipinski definition) is 4. The Morgan fingerprint density at radius 3 is 2.83 bits per heavy atom. The van der Waals surface area contributed by atoms with Crippen LogP contribution in [-0.2, 0) is 11.2 Å².